The van der Waals surface area contributed by atoms with E-state index < -0.39 is 0 Å². The summed E-state index contributed by atoms with van der Waals surface area (Å²) >= 11 is 0. The topological polar surface area (TPSA) is 49.9 Å². The van der Waals surface area contributed by atoms with Gasteiger partial charge >= 0.3 is 0 Å². The molecule has 1 saturated heterocycles. The molecule has 0 unspecified atom stereocenters. The Morgan fingerprint density at radius 2 is 1.68 bits per heavy atom. The molecule has 1 atom stereocenters. The Kier molecular flexibility index (Phi) is 7.92. The molecule has 0 aromatic heterocycles. The third kappa shape index (κ3) is 5.85. The van der Waals surface area contributed by atoms with Crippen LogP contribution in [0.15, 0.2) is 30.3 Å². The van der Waals surface area contributed by atoms with Crippen molar-refractivity contribution in [3.63, 3.8) is 0 Å². The zero-order valence-corrected chi connectivity index (χ0v) is 15.4. The zero-order chi connectivity index (χ0) is 18.1. The van der Waals surface area contributed by atoms with Crippen molar-refractivity contribution in [1.29, 1.82) is 0 Å². The zero-order valence-electron chi connectivity index (χ0n) is 15.4. The number of ether oxygens (including phenoxy) is 1. The Labute approximate surface area is 150 Å². The highest BCUT2D eigenvalue weighted by Crippen LogP contribution is 2.11. The third-order valence-corrected chi connectivity index (χ3v) is 4.66. The SMILES string of the molecule is CCO[C@H](CC)C(=O)N1CCN(C(=O)CCCc2ccccc2)CC1. The van der Waals surface area contributed by atoms with Gasteiger partial charge in [-0.05, 0) is 31.7 Å². The van der Waals surface area contributed by atoms with Gasteiger partial charge in [-0.3, -0.25) is 9.59 Å². The standard InChI is InChI=1S/C20H30N2O3/c1-3-18(25-4-2)20(24)22-15-13-21(14-16-22)19(23)12-8-11-17-9-6-5-7-10-17/h5-7,9-10,18H,3-4,8,11-16H2,1-2H3/t18-/m1/s1. The van der Waals surface area contributed by atoms with Crippen LogP contribution in [-0.2, 0) is 20.7 Å². The highest BCUT2D eigenvalue weighted by atomic mass is 16.5. The van der Waals surface area contributed by atoms with Gasteiger partial charge in [0.1, 0.15) is 6.10 Å². The van der Waals surface area contributed by atoms with Gasteiger partial charge in [0.2, 0.25) is 5.91 Å². The molecular formula is C20H30N2O3. The summed E-state index contributed by atoms with van der Waals surface area (Å²) in [5.41, 5.74) is 1.27. The van der Waals surface area contributed by atoms with Gasteiger partial charge in [-0.1, -0.05) is 37.3 Å². The molecule has 0 radical (unpaired) electrons. The van der Waals surface area contributed by atoms with E-state index in [-0.39, 0.29) is 17.9 Å². The van der Waals surface area contributed by atoms with Crippen molar-refractivity contribution in [3.05, 3.63) is 35.9 Å². The highest BCUT2D eigenvalue weighted by Gasteiger charge is 2.28. The minimum atomic E-state index is -0.349. The Balaban J connectivity index is 1.71. The smallest absolute Gasteiger partial charge is 0.251 e. The number of carbonyl (C=O) groups is 2. The molecule has 0 bridgehead atoms. The van der Waals surface area contributed by atoms with E-state index >= 15 is 0 Å². The van der Waals surface area contributed by atoms with Gasteiger partial charge in [0.25, 0.3) is 5.91 Å². The van der Waals surface area contributed by atoms with E-state index in [0.29, 0.717) is 45.6 Å². The lowest BCUT2D eigenvalue weighted by atomic mass is 10.1. The quantitative estimate of drug-likeness (QED) is 0.727. The van der Waals surface area contributed by atoms with E-state index in [2.05, 4.69) is 12.1 Å². The molecule has 2 rings (SSSR count). The first-order valence-corrected chi connectivity index (χ1v) is 9.37. The maximum Gasteiger partial charge on any atom is 0.251 e. The highest BCUT2D eigenvalue weighted by molar-refractivity contribution is 5.81. The lowest BCUT2D eigenvalue weighted by Gasteiger charge is -2.36. The van der Waals surface area contributed by atoms with Crippen molar-refractivity contribution in [1.82, 2.24) is 9.80 Å². The van der Waals surface area contributed by atoms with Crippen molar-refractivity contribution >= 4 is 11.8 Å². The van der Waals surface area contributed by atoms with Crippen molar-refractivity contribution in [3.8, 4) is 0 Å². The Bertz CT molecular complexity index is 539. The molecule has 1 aliphatic heterocycles. The van der Waals surface area contributed by atoms with Gasteiger partial charge < -0.3 is 14.5 Å². The van der Waals surface area contributed by atoms with Crippen LogP contribution in [-0.4, -0.2) is 60.5 Å². The molecule has 5 nitrogen and oxygen atoms in total. The van der Waals surface area contributed by atoms with Crippen LogP contribution >= 0.6 is 0 Å². The first-order valence-electron chi connectivity index (χ1n) is 9.37. The summed E-state index contributed by atoms with van der Waals surface area (Å²) in [6.07, 6.45) is 2.70. The normalized spacial score (nSPS) is 15.9. The molecule has 25 heavy (non-hydrogen) atoms. The minimum Gasteiger partial charge on any atom is -0.369 e. The molecule has 1 heterocycles. The van der Waals surface area contributed by atoms with Crippen LogP contribution in [0.25, 0.3) is 0 Å². The molecule has 1 aromatic carbocycles. The Hall–Kier alpha value is -1.88. The van der Waals surface area contributed by atoms with Crippen LogP contribution in [0.5, 0.6) is 0 Å². The number of aryl methyl sites for hydroxylation is 1. The number of hydrogen-bond acceptors (Lipinski definition) is 3. The largest absolute Gasteiger partial charge is 0.369 e. The average molecular weight is 346 g/mol. The van der Waals surface area contributed by atoms with E-state index in [0.717, 1.165) is 12.8 Å². The molecular weight excluding hydrogens is 316 g/mol. The maximum absolute atomic E-state index is 12.4. The van der Waals surface area contributed by atoms with E-state index in [1.165, 1.54) is 5.56 Å². The van der Waals surface area contributed by atoms with Gasteiger partial charge in [0.15, 0.2) is 0 Å². The van der Waals surface area contributed by atoms with Crippen LogP contribution in [0.4, 0.5) is 0 Å². The summed E-state index contributed by atoms with van der Waals surface area (Å²) in [6, 6.07) is 10.2. The van der Waals surface area contributed by atoms with Crippen molar-refractivity contribution in [2.75, 3.05) is 32.8 Å². The molecule has 1 aliphatic rings. The van der Waals surface area contributed by atoms with Crippen LogP contribution in [0.2, 0.25) is 0 Å². The fraction of sp³-hybridized carbons (Fsp3) is 0.600. The van der Waals surface area contributed by atoms with E-state index in [1.54, 1.807) is 0 Å². The van der Waals surface area contributed by atoms with Crippen LogP contribution < -0.4 is 0 Å². The summed E-state index contributed by atoms with van der Waals surface area (Å²) in [5, 5.41) is 0. The van der Waals surface area contributed by atoms with E-state index in [1.807, 2.05) is 41.8 Å². The number of nitrogens with zero attached hydrogens (tertiary/aromatic N) is 2. The fourth-order valence-corrected chi connectivity index (χ4v) is 3.19. The van der Waals surface area contributed by atoms with Crippen molar-refractivity contribution in [2.45, 2.75) is 45.6 Å². The number of carbonyl (C=O) groups excluding carboxylic acids is 2. The van der Waals surface area contributed by atoms with E-state index in [9.17, 15) is 9.59 Å². The molecule has 5 heteroatoms. The van der Waals surface area contributed by atoms with Crippen LogP contribution in [0, 0.1) is 0 Å². The number of benzene rings is 1. The maximum atomic E-state index is 12.4. The number of hydrogen-bond donors (Lipinski definition) is 0. The second-order valence-electron chi connectivity index (χ2n) is 6.40. The van der Waals surface area contributed by atoms with Gasteiger partial charge in [-0.2, -0.15) is 0 Å². The molecule has 138 valence electrons. The molecule has 1 fully saturated rings. The molecule has 2 amide bonds. The van der Waals surface area contributed by atoms with Gasteiger partial charge in [-0.15, -0.1) is 0 Å². The third-order valence-electron chi connectivity index (χ3n) is 4.66. The number of rotatable bonds is 8. The van der Waals surface area contributed by atoms with Gasteiger partial charge in [0.05, 0.1) is 0 Å². The predicted molar refractivity (Wildman–Crippen MR) is 98.2 cm³/mol. The van der Waals surface area contributed by atoms with Crippen molar-refractivity contribution < 1.29 is 14.3 Å². The van der Waals surface area contributed by atoms with Crippen molar-refractivity contribution in [2.24, 2.45) is 0 Å². The molecule has 0 saturated carbocycles. The first-order chi connectivity index (χ1) is 12.2. The number of piperazine rings is 1. The summed E-state index contributed by atoms with van der Waals surface area (Å²) < 4.78 is 5.50. The molecule has 0 N–H and O–H groups in total. The number of amides is 2. The fourth-order valence-electron chi connectivity index (χ4n) is 3.19. The first kappa shape index (κ1) is 19.4. The summed E-state index contributed by atoms with van der Waals surface area (Å²) in [6.45, 7) is 6.87. The van der Waals surface area contributed by atoms with E-state index in [4.69, 9.17) is 4.74 Å². The average Bonchev–Trinajstić information content (AvgIpc) is 2.66. The lowest BCUT2D eigenvalue weighted by molar-refractivity contribution is -0.148. The summed E-state index contributed by atoms with van der Waals surface area (Å²) in [5.74, 6) is 0.250. The minimum absolute atomic E-state index is 0.0560. The lowest BCUT2D eigenvalue weighted by Crippen LogP contribution is -2.53. The molecule has 1 aromatic rings. The van der Waals surface area contributed by atoms with Gasteiger partial charge in [0, 0.05) is 39.2 Å². The van der Waals surface area contributed by atoms with Crippen LogP contribution in [0.1, 0.15) is 38.7 Å². The predicted octanol–water partition coefficient (Wildman–Crippen LogP) is 2.50. The second-order valence-corrected chi connectivity index (χ2v) is 6.40. The summed E-state index contributed by atoms with van der Waals surface area (Å²) in [4.78, 5) is 28.5. The summed E-state index contributed by atoms with van der Waals surface area (Å²) in [7, 11) is 0. The van der Waals surface area contributed by atoms with Crippen LogP contribution in [0.3, 0.4) is 0 Å². The Morgan fingerprint density at radius 3 is 2.28 bits per heavy atom. The van der Waals surface area contributed by atoms with Gasteiger partial charge in [-0.25, -0.2) is 0 Å². The Morgan fingerprint density at radius 1 is 1.04 bits per heavy atom. The molecule has 0 aliphatic carbocycles. The molecule has 0 spiro atoms. The second kappa shape index (κ2) is 10.2. The monoisotopic (exact) mass is 346 g/mol.